The van der Waals surface area contributed by atoms with Crippen LogP contribution >= 0.6 is 0 Å². The summed E-state index contributed by atoms with van der Waals surface area (Å²) in [5.41, 5.74) is 12.6. The average Bonchev–Trinajstić information content (AvgIpc) is 3.05. The van der Waals surface area contributed by atoms with E-state index < -0.39 is 0 Å². The quantitative estimate of drug-likeness (QED) is 0.467. The monoisotopic (exact) mass is 333 g/mol. The molecule has 1 aliphatic rings. The van der Waals surface area contributed by atoms with Gasteiger partial charge in [-0.25, -0.2) is 0 Å². The molecule has 3 heteroatoms. The van der Waals surface area contributed by atoms with Crippen LogP contribution in [0.25, 0.3) is 10.9 Å². The number of para-hydroxylation sites is 1. The van der Waals surface area contributed by atoms with Gasteiger partial charge in [0.1, 0.15) is 0 Å². The van der Waals surface area contributed by atoms with Gasteiger partial charge < -0.3 is 16.0 Å². The number of benzene rings is 2. The summed E-state index contributed by atoms with van der Waals surface area (Å²) in [6.45, 7) is 1.10. The molecule has 0 amide bonds. The maximum absolute atomic E-state index is 6.09. The second-order valence-corrected chi connectivity index (χ2v) is 7.20. The lowest BCUT2D eigenvalue weighted by atomic mass is 9.87. The summed E-state index contributed by atoms with van der Waals surface area (Å²) < 4.78 is 0. The Kier molecular flexibility index (Phi) is 4.75. The van der Waals surface area contributed by atoms with Crippen molar-refractivity contribution in [2.24, 2.45) is 0 Å². The molecule has 0 fully saturated rings. The van der Waals surface area contributed by atoms with E-state index >= 15 is 0 Å². The zero-order valence-corrected chi connectivity index (χ0v) is 14.7. The predicted molar refractivity (Wildman–Crippen MR) is 106 cm³/mol. The van der Waals surface area contributed by atoms with Gasteiger partial charge >= 0.3 is 0 Å². The van der Waals surface area contributed by atoms with E-state index in [2.05, 4.69) is 52.9 Å². The molecule has 1 heterocycles. The van der Waals surface area contributed by atoms with Crippen molar-refractivity contribution in [3.05, 3.63) is 65.4 Å². The number of nitrogens with one attached hydrogen (secondary N) is 2. The van der Waals surface area contributed by atoms with E-state index in [0.29, 0.717) is 6.04 Å². The van der Waals surface area contributed by atoms with Crippen LogP contribution < -0.4 is 11.1 Å². The fourth-order valence-corrected chi connectivity index (χ4v) is 4.10. The molecule has 1 unspecified atom stereocenters. The standard InChI is InChI=1S/C22H27N3/c23-21-9-5-7-16-14-18(11-12-19(16)21)24-13-4-3-6-17-15-25-22-10-2-1-8-20(17)22/h1-2,5,7-10,15,18,24-25H,3-4,6,11-14,23H2. The van der Waals surface area contributed by atoms with Crippen LogP contribution in [-0.4, -0.2) is 17.6 Å². The lowest BCUT2D eigenvalue weighted by Crippen LogP contribution is -2.35. The summed E-state index contributed by atoms with van der Waals surface area (Å²) in [5.74, 6) is 0. The van der Waals surface area contributed by atoms with Crippen molar-refractivity contribution >= 4 is 16.6 Å². The van der Waals surface area contributed by atoms with E-state index in [9.17, 15) is 0 Å². The summed E-state index contributed by atoms with van der Waals surface area (Å²) in [6, 6.07) is 15.5. The topological polar surface area (TPSA) is 53.8 Å². The Hall–Kier alpha value is -2.26. The Balaban J connectivity index is 1.23. The van der Waals surface area contributed by atoms with Crippen LogP contribution in [-0.2, 0) is 19.3 Å². The predicted octanol–water partition coefficient (Wildman–Crippen LogP) is 4.22. The normalized spacial score (nSPS) is 16.9. The van der Waals surface area contributed by atoms with E-state index in [0.717, 1.165) is 31.5 Å². The molecule has 2 aromatic carbocycles. The molecule has 25 heavy (non-hydrogen) atoms. The molecular formula is C22H27N3. The van der Waals surface area contributed by atoms with Crippen LogP contribution in [0.3, 0.4) is 0 Å². The molecule has 1 aromatic heterocycles. The Morgan fingerprint density at radius 1 is 1.08 bits per heavy atom. The minimum absolute atomic E-state index is 0.599. The van der Waals surface area contributed by atoms with Crippen molar-refractivity contribution in [1.29, 1.82) is 0 Å². The average molecular weight is 333 g/mol. The maximum atomic E-state index is 6.09. The third-order valence-corrected chi connectivity index (χ3v) is 5.50. The number of nitrogen functional groups attached to an aromatic ring is 1. The van der Waals surface area contributed by atoms with Crippen LogP contribution in [0.5, 0.6) is 0 Å². The van der Waals surface area contributed by atoms with Gasteiger partial charge in [0.25, 0.3) is 0 Å². The maximum Gasteiger partial charge on any atom is 0.0456 e. The Morgan fingerprint density at radius 3 is 2.96 bits per heavy atom. The van der Waals surface area contributed by atoms with Gasteiger partial charge in [0.05, 0.1) is 0 Å². The van der Waals surface area contributed by atoms with Gasteiger partial charge in [-0.05, 0) is 73.9 Å². The summed E-state index contributed by atoms with van der Waals surface area (Å²) >= 11 is 0. The van der Waals surface area contributed by atoms with E-state index in [4.69, 9.17) is 5.73 Å². The Labute approximate surface area is 149 Å². The first kappa shape index (κ1) is 16.2. The van der Waals surface area contributed by atoms with Gasteiger partial charge in [-0.1, -0.05) is 30.3 Å². The number of nitrogens with two attached hydrogens (primary N) is 1. The van der Waals surface area contributed by atoms with Gasteiger partial charge in [-0.3, -0.25) is 0 Å². The van der Waals surface area contributed by atoms with Crippen molar-refractivity contribution in [1.82, 2.24) is 10.3 Å². The van der Waals surface area contributed by atoms with Gasteiger partial charge in [0.15, 0.2) is 0 Å². The second-order valence-electron chi connectivity index (χ2n) is 7.20. The molecule has 0 bridgehead atoms. The summed E-state index contributed by atoms with van der Waals surface area (Å²) in [4.78, 5) is 3.37. The smallest absolute Gasteiger partial charge is 0.0456 e. The number of aromatic nitrogens is 1. The van der Waals surface area contributed by atoms with E-state index in [-0.39, 0.29) is 0 Å². The molecule has 1 atom stereocenters. The number of hydrogen-bond acceptors (Lipinski definition) is 2. The molecule has 1 aliphatic carbocycles. The van der Waals surface area contributed by atoms with Crippen molar-refractivity contribution < 1.29 is 0 Å². The number of anilines is 1. The molecule has 0 radical (unpaired) electrons. The van der Waals surface area contributed by atoms with Crippen molar-refractivity contribution in [3.63, 3.8) is 0 Å². The zero-order valence-electron chi connectivity index (χ0n) is 14.7. The molecule has 0 spiro atoms. The molecule has 4 N–H and O–H groups in total. The zero-order chi connectivity index (χ0) is 17.1. The summed E-state index contributed by atoms with van der Waals surface area (Å²) in [7, 11) is 0. The van der Waals surface area contributed by atoms with Crippen LogP contribution in [0, 0.1) is 0 Å². The number of unbranched alkanes of at least 4 members (excludes halogenated alkanes) is 1. The van der Waals surface area contributed by atoms with Crippen molar-refractivity contribution in [2.75, 3.05) is 12.3 Å². The SMILES string of the molecule is Nc1cccc2c1CCC(NCCCCc1c[nH]c3ccccc13)C2. The first-order valence-corrected chi connectivity index (χ1v) is 9.46. The number of aryl methyl sites for hydroxylation is 1. The molecule has 0 saturated heterocycles. The van der Waals surface area contributed by atoms with E-state index in [1.807, 2.05) is 6.07 Å². The molecular weight excluding hydrogens is 306 g/mol. The Morgan fingerprint density at radius 2 is 2.00 bits per heavy atom. The van der Waals surface area contributed by atoms with Crippen LogP contribution in [0.1, 0.15) is 36.0 Å². The highest BCUT2D eigenvalue weighted by molar-refractivity contribution is 5.82. The first-order valence-electron chi connectivity index (χ1n) is 9.46. The fourth-order valence-electron chi connectivity index (χ4n) is 4.10. The van der Waals surface area contributed by atoms with E-state index in [1.54, 1.807) is 0 Å². The third kappa shape index (κ3) is 3.57. The van der Waals surface area contributed by atoms with Crippen molar-refractivity contribution in [2.45, 2.75) is 44.6 Å². The molecule has 130 valence electrons. The highest BCUT2D eigenvalue weighted by atomic mass is 14.9. The summed E-state index contributed by atoms with van der Waals surface area (Å²) in [6.07, 6.45) is 9.18. The lowest BCUT2D eigenvalue weighted by Gasteiger charge is -2.26. The molecule has 0 aliphatic heterocycles. The number of hydrogen-bond donors (Lipinski definition) is 3. The fraction of sp³-hybridized carbons (Fsp3) is 0.364. The number of aromatic amines is 1. The van der Waals surface area contributed by atoms with Gasteiger partial charge in [0.2, 0.25) is 0 Å². The van der Waals surface area contributed by atoms with Crippen molar-refractivity contribution in [3.8, 4) is 0 Å². The molecule has 3 aromatic rings. The van der Waals surface area contributed by atoms with Gasteiger partial charge in [-0.15, -0.1) is 0 Å². The third-order valence-electron chi connectivity index (χ3n) is 5.50. The first-order chi connectivity index (χ1) is 12.3. The molecule has 3 nitrogen and oxygen atoms in total. The minimum atomic E-state index is 0.599. The number of fused-ring (bicyclic) bond motifs is 2. The highest BCUT2D eigenvalue weighted by Gasteiger charge is 2.19. The highest BCUT2D eigenvalue weighted by Crippen LogP contribution is 2.26. The van der Waals surface area contributed by atoms with Gasteiger partial charge in [0, 0.05) is 28.8 Å². The minimum Gasteiger partial charge on any atom is -0.398 e. The second kappa shape index (κ2) is 7.32. The van der Waals surface area contributed by atoms with Crippen LogP contribution in [0.15, 0.2) is 48.7 Å². The summed E-state index contributed by atoms with van der Waals surface area (Å²) in [5, 5.41) is 5.12. The molecule has 0 saturated carbocycles. The number of rotatable bonds is 6. The Bertz CT molecular complexity index is 849. The largest absolute Gasteiger partial charge is 0.398 e. The molecule has 4 rings (SSSR count). The van der Waals surface area contributed by atoms with E-state index in [1.165, 1.54) is 46.9 Å². The van der Waals surface area contributed by atoms with Crippen LogP contribution in [0.2, 0.25) is 0 Å². The van der Waals surface area contributed by atoms with Crippen LogP contribution in [0.4, 0.5) is 5.69 Å². The lowest BCUT2D eigenvalue weighted by molar-refractivity contribution is 0.451. The van der Waals surface area contributed by atoms with Gasteiger partial charge in [-0.2, -0.15) is 0 Å². The number of H-pyrrole nitrogens is 1.